The molecule has 7 nitrogen and oxygen atoms in total. The Morgan fingerprint density at radius 3 is 2.87 bits per heavy atom. The topological polar surface area (TPSA) is 96.7 Å². The maximum Gasteiger partial charge on any atom is 0.256 e. The number of thiophene rings is 1. The van der Waals surface area contributed by atoms with Gasteiger partial charge in [-0.1, -0.05) is 37.2 Å². The number of nitrogens with one attached hydrogen (secondary N) is 1. The lowest BCUT2D eigenvalue weighted by Gasteiger charge is -2.26. The lowest BCUT2D eigenvalue weighted by atomic mass is 9.85. The molecule has 1 aromatic carbocycles. The average Bonchev–Trinajstić information content (AvgIpc) is 3.30. The summed E-state index contributed by atoms with van der Waals surface area (Å²) in [5, 5.41) is 16.7. The molecule has 0 spiro atoms. The van der Waals surface area contributed by atoms with Gasteiger partial charge in [-0.15, -0.1) is 11.3 Å². The van der Waals surface area contributed by atoms with Crippen LogP contribution in [0.2, 0.25) is 0 Å². The SMILES string of the molecule is CC[C@@]1(/C=N/O)O[C@@H](c2csc3c(NC(=O)c4ccccc4)ncnc23)[C@H](F)[C@@H]1C. The van der Waals surface area contributed by atoms with E-state index in [2.05, 4.69) is 20.4 Å². The second kappa shape index (κ2) is 8.08. The molecule has 0 aliphatic carbocycles. The molecule has 156 valence electrons. The molecule has 0 unspecified atom stereocenters. The van der Waals surface area contributed by atoms with E-state index in [-0.39, 0.29) is 5.91 Å². The van der Waals surface area contributed by atoms with Crippen LogP contribution in [-0.4, -0.2) is 39.1 Å². The fourth-order valence-electron chi connectivity index (χ4n) is 3.85. The van der Waals surface area contributed by atoms with Crippen molar-refractivity contribution in [1.29, 1.82) is 0 Å². The predicted molar refractivity (Wildman–Crippen MR) is 113 cm³/mol. The van der Waals surface area contributed by atoms with Gasteiger partial charge in [-0.3, -0.25) is 4.79 Å². The monoisotopic (exact) mass is 428 g/mol. The molecule has 0 radical (unpaired) electrons. The molecule has 4 rings (SSSR count). The molecule has 3 aromatic rings. The van der Waals surface area contributed by atoms with E-state index in [0.29, 0.717) is 33.6 Å². The number of fused-ring (bicyclic) bond motifs is 1. The van der Waals surface area contributed by atoms with E-state index in [0.717, 1.165) is 0 Å². The van der Waals surface area contributed by atoms with Crippen molar-refractivity contribution in [2.24, 2.45) is 11.1 Å². The molecule has 1 aliphatic heterocycles. The van der Waals surface area contributed by atoms with Crippen LogP contribution in [0.25, 0.3) is 10.2 Å². The number of halogens is 1. The number of carbonyl (C=O) groups excluding carboxylic acids is 1. The number of hydrogen-bond donors (Lipinski definition) is 2. The second-order valence-electron chi connectivity index (χ2n) is 7.24. The zero-order chi connectivity index (χ0) is 21.3. The van der Waals surface area contributed by atoms with Gasteiger partial charge in [-0.2, -0.15) is 0 Å². The number of alkyl halides is 1. The minimum Gasteiger partial charge on any atom is -0.411 e. The zero-order valence-corrected chi connectivity index (χ0v) is 17.3. The summed E-state index contributed by atoms with van der Waals surface area (Å²) in [4.78, 5) is 21.0. The largest absolute Gasteiger partial charge is 0.411 e. The molecule has 1 amide bonds. The maximum absolute atomic E-state index is 15.2. The van der Waals surface area contributed by atoms with E-state index < -0.39 is 23.8 Å². The van der Waals surface area contributed by atoms with E-state index in [4.69, 9.17) is 9.94 Å². The molecule has 3 heterocycles. The van der Waals surface area contributed by atoms with Gasteiger partial charge in [0.05, 0.1) is 16.4 Å². The van der Waals surface area contributed by atoms with Gasteiger partial charge in [0.2, 0.25) is 0 Å². The summed E-state index contributed by atoms with van der Waals surface area (Å²) in [6.45, 7) is 3.60. The Labute approximate surface area is 176 Å². The molecular formula is C21H21FN4O3S. The van der Waals surface area contributed by atoms with Crippen molar-refractivity contribution in [3.63, 3.8) is 0 Å². The summed E-state index contributed by atoms with van der Waals surface area (Å²) in [6.07, 6.45) is 0.897. The highest BCUT2D eigenvalue weighted by atomic mass is 32.1. The van der Waals surface area contributed by atoms with E-state index in [1.54, 1.807) is 36.6 Å². The molecule has 1 saturated heterocycles. The summed E-state index contributed by atoms with van der Waals surface area (Å²) < 4.78 is 22.0. The number of benzene rings is 1. The van der Waals surface area contributed by atoms with Gasteiger partial charge in [-0.05, 0) is 23.9 Å². The predicted octanol–water partition coefficient (Wildman–Crippen LogP) is 4.60. The molecule has 2 N–H and O–H groups in total. The van der Waals surface area contributed by atoms with E-state index >= 15 is 4.39 Å². The van der Waals surface area contributed by atoms with Gasteiger partial charge in [0.1, 0.15) is 24.2 Å². The number of oxime groups is 1. The molecule has 4 atom stereocenters. The minimum absolute atomic E-state index is 0.288. The number of rotatable bonds is 5. The summed E-state index contributed by atoms with van der Waals surface area (Å²) in [7, 11) is 0. The minimum atomic E-state index is -1.31. The highest BCUT2D eigenvalue weighted by Crippen LogP contribution is 2.49. The molecular weight excluding hydrogens is 407 g/mol. The lowest BCUT2D eigenvalue weighted by molar-refractivity contribution is -0.0122. The summed E-state index contributed by atoms with van der Waals surface area (Å²) in [5.41, 5.74) is 0.637. The fraction of sp³-hybridized carbons (Fsp3) is 0.333. The van der Waals surface area contributed by atoms with Gasteiger partial charge in [0, 0.05) is 17.0 Å². The Morgan fingerprint density at radius 1 is 1.40 bits per heavy atom. The summed E-state index contributed by atoms with van der Waals surface area (Å²) in [6, 6.07) is 8.82. The van der Waals surface area contributed by atoms with Gasteiger partial charge in [-0.25, -0.2) is 14.4 Å². The maximum atomic E-state index is 15.2. The van der Waals surface area contributed by atoms with Crippen LogP contribution < -0.4 is 5.32 Å². The van der Waals surface area contributed by atoms with Crippen LogP contribution in [0.5, 0.6) is 0 Å². The third-order valence-electron chi connectivity index (χ3n) is 5.67. The fourth-order valence-corrected chi connectivity index (χ4v) is 4.84. The van der Waals surface area contributed by atoms with Crippen LogP contribution in [0, 0.1) is 5.92 Å². The quantitative estimate of drug-likeness (QED) is 0.352. The van der Waals surface area contributed by atoms with Gasteiger partial charge in [0.25, 0.3) is 5.91 Å². The van der Waals surface area contributed by atoms with Crippen LogP contribution in [-0.2, 0) is 4.74 Å². The number of ether oxygens (including phenoxy) is 1. The Hall–Kier alpha value is -2.91. The normalized spacial score (nSPS) is 26.4. The number of anilines is 1. The number of hydrogen-bond acceptors (Lipinski definition) is 7. The Balaban J connectivity index is 1.68. The number of carbonyl (C=O) groups is 1. The van der Waals surface area contributed by atoms with Gasteiger partial charge < -0.3 is 15.3 Å². The summed E-state index contributed by atoms with van der Waals surface area (Å²) in [5.74, 6) is -0.425. The van der Waals surface area contributed by atoms with Crippen molar-refractivity contribution in [3.8, 4) is 0 Å². The zero-order valence-electron chi connectivity index (χ0n) is 16.4. The third kappa shape index (κ3) is 3.33. The highest BCUT2D eigenvalue weighted by molar-refractivity contribution is 7.18. The van der Waals surface area contributed by atoms with Crippen molar-refractivity contribution in [2.45, 2.75) is 38.1 Å². The Morgan fingerprint density at radius 2 is 2.17 bits per heavy atom. The molecule has 2 aromatic heterocycles. The van der Waals surface area contributed by atoms with Crippen molar-refractivity contribution in [3.05, 3.63) is 53.2 Å². The van der Waals surface area contributed by atoms with E-state index in [1.165, 1.54) is 23.9 Å². The third-order valence-corrected chi connectivity index (χ3v) is 6.66. The van der Waals surface area contributed by atoms with Crippen LogP contribution >= 0.6 is 11.3 Å². The molecule has 1 fully saturated rings. The van der Waals surface area contributed by atoms with Crippen molar-refractivity contribution >= 4 is 39.5 Å². The first-order valence-corrected chi connectivity index (χ1v) is 10.5. The van der Waals surface area contributed by atoms with Crippen molar-refractivity contribution in [2.75, 3.05) is 5.32 Å². The average molecular weight is 428 g/mol. The van der Waals surface area contributed by atoms with Crippen LogP contribution in [0.4, 0.5) is 10.2 Å². The highest BCUT2D eigenvalue weighted by Gasteiger charge is 2.52. The summed E-state index contributed by atoms with van der Waals surface area (Å²) >= 11 is 1.32. The lowest BCUT2D eigenvalue weighted by Crippen LogP contribution is -2.36. The number of aromatic nitrogens is 2. The first-order valence-electron chi connectivity index (χ1n) is 9.59. The standard InChI is InChI=1S/C21H21FN4O3S/c1-3-21(10-25-28)12(2)15(22)17(29-21)14-9-30-18-16(14)23-11-24-19(18)26-20(27)13-7-5-4-6-8-13/h4-12,15,17,28H,3H2,1-2H3,(H,23,24,26,27)/b25-10+/t12-,15+,17-,21-/m0/s1. The first kappa shape index (κ1) is 20.4. The van der Waals surface area contributed by atoms with E-state index in [1.807, 2.05) is 13.0 Å². The van der Waals surface area contributed by atoms with Gasteiger partial charge in [0.15, 0.2) is 5.82 Å². The van der Waals surface area contributed by atoms with Crippen molar-refractivity contribution in [1.82, 2.24) is 9.97 Å². The smallest absolute Gasteiger partial charge is 0.256 e. The molecule has 0 saturated carbocycles. The van der Waals surface area contributed by atoms with E-state index in [9.17, 15) is 4.79 Å². The van der Waals surface area contributed by atoms with Gasteiger partial charge >= 0.3 is 0 Å². The van der Waals surface area contributed by atoms with Crippen LogP contribution in [0.3, 0.4) is 0 Å². The van der Waals surface area contributed by atoms with Crippen LogP contribution in [0.1, 0.15) is 42.3 Å². The number of amides is 1. The molecule has 30 heavy (non-hydrogen) atoms. The Kier molecular flexibility index (Phi) is 5.48. The molecule has 9 heteroatoms. The first-order chi connectivity index (χ1) is 14.5. The molecule has 0 bridgehead atoms. The van der Waals surface area contributed by atoms with Crippen LogP contribution in [0.15, 0.2) is 47.2 Å². The number of nitrogens with zero attached hydrogens (tertiary/aromatic N) is 3. The Bertz CT molecular complexity index is 1090. The molecule has 1 aliphatic rings. The second-order valence-corrected chi connectivity index (χ2v) is 8.12. The van der Waals surface area contributed by atoms with Crippen molar-refractivity contribution < 1.29 is 19.1 Å².